The Kier molecular flexibility index (Phi) is 5.04. The summed E-state index contributed by atoms with van der Waals surface area (Å²) in [6, 6.07) is 18.7. The number of hydrogen-bond donors (Lipinski definition) is 1. The van der Waals surface area contributed by atoms with Gasteiger partial charge in [0.05, 0.1) is 28.7 Å². The lowest BCUT2D eigenvalue weighted by Crippen LogP contribution is -2.28. The maximum atomic E-state index is 12.2. The summed E-state index contributed by atoms with van der Waals surface area (Å²) < 4.78 is 6.26. The fraction of sp³-hybridized carbons (Fsp3) is 0.200. The Morgan fingerprint density at radius 2 is 2.06 bits per heavy atom. The molecular weight excluding hydrogens is 402 g/mol. The predicted octanol–water partition coefficient (Wildman–Crippen LogP) is 4.97. The van der Waals surface area contributed by atoms with E-state index in [1.807, 2.05) is 35.2 Å². The van der Waals surface area contributed by atoms with E-state index < -0.39 is 0 Å². The lowest BCUT2D eigenvalue weighted by molar-refractivity contribution is -0.129. The van der Waals surface area contributed by atoms with Gasteiger partial charge in [-0.25, -0.2) is 4.98 Å². The highest BCUT2D eigenvalue weighted by molar-refractivity contribution is 5.82. The minimum Gasteiger partial charge on any atom is -0.457 e. The predicted molar refractivity (Wildman–Crippen MR) is 120 cm³/mol. The number of nitriles is 1. The summed E-state index contributed by atoms with van der Waals surface area (Å²) in [5.74, 6) is 2.00. The summed E-state index contributed by atoms with van der Waals surface area (Å²) in [6.45, 7) is 2.34. The molecule has 1 atom stereocenters. The standard InChI is InChI=1S/C25H21N5O2/c1-16(31)30-12-4-6-23(30)19-13-21-22(29-25(28-21)20-5-2-3-11-27-20)14-24(19)32-18-9-7-17(15-26)8-10-18/h2-3,5,7-11,13-14,23H,4,6,12H2,1H3,(H,28,29). The quantitative estimate of drug-likeness (QED) is 0.500. The van der Waals surface area contributed by atoms with Gasteiger partial charge in [-0.1, -0.05) is 6.07 Å². The zero-order valence-electron chi connectivity index (χ0n) is 17.6. The molecule has 1 fully saturated rings. The van der Waals surface area contributed by atoms with E-state index in [2.05, 4.69) is 16.0 Å². The number of fused-ring (bicyclic) bond motifs is 1. The Morgan fingerprint density at radius 1 is 1.22 bits per heavy atom. The van der Waals surface area contributed by atoms with Crippen LogP contribution in [0.25, 0.3) is 22.6 Å². The third kappa shape index (κ3) is 3.67. The van der Waals surface area contributed by atoms with E-state index >= 15 is 0 Å². The Bertz CT molecular complexity index is 1320. The molecule has 32 heavy (non-hydrogen) atoms. The average Bonchev–Trinajstić information content (AvgIpc) is 3.47. The summed E-state index contributed by atoms with van der Waals surface area (Å²) in [6.07, 6.45) is 3.55. The summed E-state index contributed by atoms with van der Waals surface area (Å²) in [5, 5.41) is 9.06. The van der Waals surface area contributed by atoms with Gasteiger partial charge >= 0.3 is 0 Å². The molecule has 7 nitrogen and oxygen atoms in total. The van der Waals surface area contributed by atoms with Crippen molar-refractivity contribution >= 4 is 16.9 Å². The molecule has 0 bridgehead atoms. The molecule has 0 spiro atoms. The van der Waals surface area contributed by atoms with Crippen molar-refractivity contribution in [2.45, 2.75) is 25.8 Å². The van der Waals surface area contributed by atoms with Crippen LogP contribution in [0.3, 0.4) is 0 Å². The molecule has 1 aliphatic heterocycles. The van der Waals surface area contributed by atoms with Crippen molar-refractivity contribution in [1.29, 1.82) is 5.26 Å². The summed E-state index contributed by atoms with van der Waals surface area (Å²) in [7, 11) is 0. The van der Waals surface area contributed by atoms with Gasteiger partial charge in [0.1, 0.15) is 17.2 Å². The lowest BCUT2D eigenvalue weighted by atomic mass is 10.0. The van der Waals surface area contributed by atoms with Gasteiger partial charge in [-0.2, -0.15) is 5.26 Å². The van der Waals surface area contributed by atoms with Crippen LogP contribution in [0.15, 0.2) is 60.8 Å². The number of carbonyl (C=O) groups is 1. The largest absolute Gasteiger partial charge is 0.457 e. The normalized spacial score (nSPS) is 15.6. The first-order chi connectivity index (χ1) is 15.6. The van der Waals surface area contributed by atoms with E-state index in [-0.39, 0.29) is 11.9 Å². The van der Waals surface area contributed by atoms with Gasteiger partial charge in [-0.3, -0.25) is 9.78 Å². The minimum atomic E-state index is -0.0631. The average molecular weight is 423 g/mol. The molecule has 158 valence electrons. The number of hydrogen-bond acceptors (Lipinski definition) is 5. The van der Waals surface area contributed by atoms with Crippen molar-refractivity contribution < 1.29 is 9.53 Å². The van der Waals surface area contributed by atoms with Crippen molar-refractivity contribution in [3.05, 3.63) is 71.9 Å². The number of aromatic nitrogens is 3. The molecule has 4 aromatic rings. The Hall–Kier alpha value is -4.18. The van der Waals surface area contributed by atoms with Crippen LogP contribution in [-0.2, 0) is 4.79 Å². The fourth-order valence-corrected chi connectivity index (χ4v) is 4.22. The number of benzene rings is 2. The lowest BCUT2D eigenvalue weighted by Gasteiger charge is -2.25. The number of amides is 1. The van der Waals surface area contributed by atoms with Crippen molar-refractivity contribution in [2.75, 3.05) is 6.54 Å². The number of aromatic amines is 1. The highest BCUT2D eigenvalue weighted by Gasteiger charge is 2.31. The number of nitrogens with zero attached hydrogens (tertiary/aromatic N) is 4. The SMILES string of the molecule is CC(=O)N1CCCC1c1cc2[nH]c(-c3ccccn3)nc2cc1Oc1ccc(C#N)cc1. The number of nitrogens with one attached hydrogen (secondary N) is 1. The molecular formula is C25H21N5O2. The Balaban J connectivity index is 1.61. The van der Waals surface area contributed by atoms with Gasteiger partial charge in [0.25, 0.3) is 0 Å². The first-order valence-corrected chi connectivity index (χ1v) is 10.5. The van der Waals surface area contributed by atoms with Crippen LogP contribution in [0, 0.1) is 11.3 Å². The number of carbonyl (C=O) groups excluding carboxylic acids is 1. The number of rotatable bonds is 4. The number of imidazole rings is 1. The van der Waals surface area contributed by atoms with Crippen molar-refractivity contribution in [3.63, 3.8) is 0 Å². The highest BCUT2D eigenvalue weighted by atomic mass is 16.5. The maximum absolute atomic E-state index is 12.2. The van der Waals surface area contributed by atoms with E-state index in [4.69, 9.17) is 15.0 Å². The van der Waals surface area contributed by atoms with E-state index in [0.717, 1.165) is 41.7 Å². The first-order valence-electron chi connectivity index (χ1n) is 10.5. The topological polar surface area (TPSA) is 94.9 Å². The van der Waals surface area contributed by atoms with Gasteiger partial charge in [-0.15, -0.1) is 0 Å². The van der Waals surface area contributed by atoms with Crippen LogP contribution in [-0.4, -0.2) is 32.3 Å². The van der Waals surface area contributed by atoms with Gasteiger partial charge in [0, 0.05) is 31.3 Å². The molecule has 2 aromatic carbocycles. The van der Waals surface area contributed by atoms with Crippen LogP contribution < -0.4 is 4.74 Å². The van der Waals surface area contributed by atoms with Crippen molar-refractivity contribution in [2.24, 2.45) is 0 Å². The van der Waals surface area contributed by atoms with Gasteiger partial charge < -0.3 is 14.6 Å². The van der Waals surface area contributed by atoms with E-state index in [0.29, 0.717) is 22.9 Å². The molecule has 0 aliphatic carbocycles. The summed E-state index contributed by atoms with van der Waals surface area (Å²) >= 11 is 0. The Morgan fingerprint density at radius 3 is 2.78 bits per heavy atom. The smallest absolute Gasteiger partial charge is 0.219 e. The molecule has 5 rings (SSSR count). The molecule has 2 aromatic heterocycles. The molecule has 0 radical (unpaired) electrons. The molecule has 1 amide bonds. The van der Waals surface area contributed by atoms with Gasteiger partial charge in [0.15, 0.2) is 5.82 Å². The summed E-state index contributed by atoms with van der Waals surface area (Å²) in [5.41, 5.74) is 3.88. The van der Waals surface area contributed by atoms with E-state index in [1.165, 1.54) is 0 Å². The zero-order valence-corrected chi connectivity index (χ0v) is 17.6. The molecule has 7 heteroatoms. The van der Waals surface area contributed by atoms with Gasteiger partial charge in [-0.05, 0) is 55.3 Å². The molecule has 1 aliphatic rings. The number of ether oxygens (including phenoxy) is 1. The van der Waals surface area contributed by atoms with E-state index in [9.17, 15) is 4.79 Å². The van der Waals surface area contributed by atoms with Crippen LogP contribution in [0.5, 0.6) is 11.5 Å². The highest BCUT2D eigenvalue weighted by Crippen LogP contribution is 2.41. The molecule has 1 saturated heterocycles. The van der Waals surface area contributed by atoms with Gasteiger partial charge in [0.2, 0.25) is 5.91 Å². The maximum Gasteiger partial charge on any atom is 0.219 e. The molecule has 1 N–H and O–H groups in total. The van der Waals surface area contributed by atoms with Crippen molar-refractivity contribution in [3.8, 4) is 29.1 Å². The second-order valence-electron chi connectivity index (χ2n) is 7.82. The third-order valence-corrected chi connectivity index (χ3v) is 5.75. The van der Waals surface area contributed by atoms with Crippen LogP contribution >= 0.6 is 0 Å². The monoisotopic (exact) mass is 423 g/mol. The number of pyridine rings is 1. The van der Waals surface area contributed by atoms with Crippen LogP contribution in [0.2, 0.25) is 0 Å². The van der Waals surface area contributed by atoms with Crippen LogP contribution in [0.1, 0.15) is 36.9 Å². The zero-order chi connectivity index (χ0) is 22.1. The number of likely N-dealkylation sites (tertiary alicyclic amines) is 1. The Labute approximate surface area is 185 Å². The second kappa shape index (κ2) is 8.16. The second-order valence-corrected chi connectivity index (χ2v) is 7.82. The molecule has 3 heterocycles. The third-order valence-electron chi connectivity index (χ3n) is 5.75. The molecule has 0 saturated carbocycles. The van der Waals surface area contributed by atoms with Crippen LogP contribution in [0.4, 0.5) is 0 Å². The minimum absolute atomic E-state index is 0.0516. The van der Waals surface area contributed by atoms with E-state index in [1.54, 1.807) is 37.4 Å². The summed E-state index contributed by atoms with van der Waals surface area (Å²) in [4.78, 5) is 26.6. The fourth-order valence-electron chi connectivity index (χ4n) is 4.22. The molecule has 1 unspecified atom stereocenters. The van der Waals surface area contributed by atoms with Crippen molar-refractivity contribution in [1.82, 2.24) is 19.9 Å². The number of H-pyrrole nitrogens is 1. The first kappa shape index (κ1) is 19.8.